The number of amides is 3. The van der Waals surface area contributed by atoms with Gasteiger partial charge in [-0.15, -0.1) is 11.8 Å². The second-order valence-electron chi connectivity index (χ2n) is 9.05. The number of carboxylic acids is 1. The zero-order chi connectivity index (χ0) is 30.1. The van der Waals surface area contributed by atoms with Crippen LogP contribution in [0.2, 0.25) is 5.02 Å². The first-order valence-electron chi connectivity index (χ1n) is 12.7. The Bertz CT molecular complexity index is 1640. The lowest BCUT2D eigenvalue weighted by Crippen LogP contribution is -2.30. The Morgan fingerprint density at radius 1 is 0.786 bits per heavy atom. The molecule has 0 spiro atoms. The van der Waals surface area contributed by atoms with Gasteiger partial charge in [-0.1, -0.05) is 48.0 Å². The van der Waals surface area contributed by atoms with Gasteiger partial charge in [0.15, 0.2) is 0 Å². The third-order valence-electron chi connectivity index (χ3n) is 5.86. The lowest BCUT2D eigenvalue weighted by molar-refractivity contribution is -0.115. The number of carboxylic acid groups (broad SMARTS) is 1. The normalized spacial score (nSPS) is 11.7. The number of thioether (sulfide) groups is 1. The fraction of sp³-hybridized carbons (Fsp3) is 0.0625. The number of nitrogens with one attached hydrogen (secondary N) is 3. The Morgan fingerprint density at radius 2 is 1.50 bits per heavy atom. The van der Waals surface area contributed by atoms with Crippen molar-refractivity contribution in [2.75, 3.05) is 10.6 Å². The van der Waals surface area contributed by atoms with Gasteiger partial charge < -0.3 is 21.1 Å². The first-order valence-corrected chi connectivity index (χ1v) is 14.0. The van der Waals surface area contributed by atoms with Crippen LogP contribution < -0.4 is 16.0 Å². The van der Waals surface area contributed by atoms with Crippen molar-refractivity contribution in [3.8, 4) is 0 Å². The molecule has 4 rings (SSSR count). The van der Waals surface area contributed by atoms with E-state index in [0.717, 1.165) is 4.90 Å². The van der Waals surface area contributed by atoms with Gasteiger partial charge in [-0.05, 0) is 85.3 Å². The number of benzene rings is 4. The first-order chi connectivity index (χ1) is 20.2. The van der Waals surface area contributed by atoms with Crippen LogP contribution in [-0.2, 0) is 9.59 Å². The van der Waals surface area contributed by atoms with Crippen LogP contribution in [0, 0.1) is 0 Å². The molecule has 0 heterocycles. The van der Waals surface area contributed by atoms with E-state index >= 15 is 0 Å². The van der Waals surface area contributed by atoms with Crippen LogP contribution in [0.5, 0.6) is 0 Å². The molecule has 0 radical (unpaired) electrons. The number of aromatic carboxylic acids is 1. The van der Waals surface area contributed by atoms with Crippen molar-refractivity contribution in [3.05, 3.63) is 131 Å². The summed E-state index contributed by atoms with van der Waals surface area (Å²) in [6.07, 6.45) is 1.54. The Kier molecular flexibility index (Phi) is 10.1. The number of hydrogen-bond donors (Lipinski definition) is 4. The van der Waals surface area contributed by atoms with E-state index in [2.05, 4.69) is 16.0 Å². The average Bonchev–Trinajstić information content (AvgIpc) is 2.97. The summed E-state index contributed by atoms with van der Waals surface area (Å²) in [5.41, 5.74) is 2.11. The van der Waals surface area contributed by atoms with Gasteiger partial charge in [0.2, 0.25) is 5.91 Å². The van der Waals surface area contributed by atoms with Crippen molar-refractivity contribution in [3.63, 3.8) is 0 Å². The van der Waals surface area contributed by atoms with E-state index in [4.69, 9.17) is 16.7 Å². The summed E-state index contributed by atoms with van der Waals surface area (Å²) in [5, 5.41) is 17.3. The van der Waals surface area contributed by atoms with Gasteiger partial charge in [0.05, 0.1) is 10.8 Å². The van der Waals surface area contributed by atoms with Gasteiger partial charge in [-0.3, -0.25) is 14.4 Å². The van der Waals surface area contributed by atoms with E-state index in [0.29, 0.717) is 27.5 Å². The molecule has 10 heteroatoms. The van der Waals surface area contributed by atoms with E-state index in [-0.39, 0.29) is 17.2 Å². The molecule has 212 valence electrons. The van der Waals surface area contributed by atoms with Gasteiger partial charge in [0.25, 0.3) is 11.8 Å². The summed E-state index contributed by atoms with van der Waals surface area (Å²) in [6, 6.07) is 28.3. The second-order valence-corrected chi connectivity index (χ2v) is 10.9. The molecule has 8 nitrogen and oxygen atoms in total. The lowest BCUT2D eigenvalue weighted by Gasteiger charge is -2.14. The molecule has 42 heavy (non-hydrogen) atoms. The summed E-state index contributed by atoms with van der Waals surface area (Å²) >= 11 is 7.40. The van der Waals surface area contributed by atoms with Gasteiger partial charge >= 0.3 is 5.97 Å². The molecule has 0 aliphatic rings. The standard InChI is InChI=1S/C32H26ClN3O5S/c1-20(29(37)34-25-15-13-23(14-16-25)32(40)41)42-27-12-6-11-26(19-27)35-31(39)28(18-21-7-5-10-24(33)17-21)36-30(38)22-8-3-2-4-9-22/h2-20H,1H3,(H,34,37)(H,35,39)(H,36,38)(H,40,41)/b28-18-. The first kappa shape index (κ1) is 30.1. The molecule has 0 fully saturated rings. The molecule has 0 aliphatic carbocycles. The van der Waals surface area contributed by atoms with Crippen LogP contribution in [0.4, 0.5) is 11.4 Å². The molecule has 0 saturated carbocycles. The van der Waals surface area contributed by atoms with Crippen molar-refractivity contribution >= 4 is 64.5 Å². The van der Waals surface area contributed by atoms with Crippen LogP contribution in [0.25, 0.3) is 6.08 Å². The summed E-state index contributed by atoms with van der Waals surface area (Å²) < 4.78 is 0. The quantitative estimate of drug-likeness (QED) is 0.121. The number of carbonyl (C=O) groups is 4. The predicted octanol–water partition coefficient (Wildman–Crippen LogP) is 6.57. The molecule has 4 N–H and O–H groups in total. The minimum atomic E-state index is -1.05. The molecular formula is C32H26ClN3O5S. The molecule has 0 aromatic heterocycles. The van der Waals surface area contributed by atoms with E-state index < -0.39 is 23.0 Å². The van der Waals surface area contributed by atoms with E-state index in [1.54, 1.807) is 79.7 Å². The summed E-state index contributed by atoms with van der Waals surface area (Å²) in [5.74, 6) is -2.31. The zero-order valence-electron chi connectivity index (χ0n) is 22.3. The molecule has 3 amide bonds. The Labute approximate surface area is 251 Å². The van der Waals surface area contributed by atoms with Gasteiger partial charge in [0, 0.05) is 26.9 Å². The predicted molar refractivity (Wildman–Crippen MR) is 166 cm³/mol. The second kappa shape index (κ2) is 14.2. The number of carbonyl (C=O) groups excluding carboxylic acids is 3. The summed E-state index contributed by atoms with van der Waals surface area (Å²) in [6.45, 7) is 1.74. The maximum atomic E-state index is 13.3. The van der Waals surface area contributed by atoms with E-state index in [9.17, 15) is 19.2 Å². The van der Waals surface area contributed by atoms with Crippen LogP contribution in [0.3, 0.4) is 0 Å². The van der Waals surface area contributed by atoms with E-state index in [1.165, 1.54) is 42.1 Å². The highest BCUT2D eigenvalue weighted by molar-refractivity contribution is 8.00. The van der Waals surface area contributed by atoms with Crippen LogP contribution in [0.15, 0.2) is 114 Å². The number of anilines is 2. The maximum absolute atomic E-state index is 13.3. The fourth-order valence-electron chi connectivity index (χ4n) is 3.75. The maximum Gasteiger partial charge on any atom is 0.335 e. The largest absolute Gasteiger partial charge is 0.478 e. The Morgan fingerprint density at radius 3 is 2.19 bits per heavy atom. The van der Waals surface area contributed by atoms with Crippen LogP contribution >= 0.6 is 23.4 Å². The molecule has 0 aliphatic heterocycles. The Hall–Kier alpha value is -4.86. The van der Waals surface area contributed by atoms with Gasteiger partial charge in [-0.25, -0.2) is 4.79 Å². The van der Waals surface area contributed by atoms with Crippen molar-refractivity contribution in [1.82, 2.24) is 5.32 Å². The molecule has 0 saturated heterocycles. The molecule has 1 unspecified atom stereocenters. The summed E-state index contributed by atoms with van der Waals surface area (Å²) in [7, 11) is 0. The smallest absolute Gasteiger partial charge is 0.335 e. The van der Waals surface area contributed by atoms with Gasteiger partial charge in [0.1, 0.15) is 5.70 Å². The average molecular weight is 600 g/mol. The Balaban J connectivity index is 1.46. The van der Waals surface area contributed by atoms with Crippen LogP contribution in [0.1, 0.15) is 33.2 Å². The molecular weight excluding hydrogens is 574 g/mol. The number of hydrogen-bond acceptors (Lipinski definition) is 5. The summed E-state index contributed by atoms with van der Waals surface area (Å²) in [4.78, 5) is 50.7. The third kappa shape index (κ3) is 8.57. The monoisotopic (exact) mass is 599 g/mol. The molecule has 4 aromatic carbocycles. The minimum absolute atomic E-state index is 0.0193. The fourth-order valence-corrected chi connectivity index (χ4v) is 4.87. The minimum Gasteiger partial charge on any atom is -0.478 e. The molecule has 4 aromatic rings. The highest BCUT2D eigenvalue weighted by atomic mass is 35.5. The topological polar surface area (TPSA) is 125 Å². The zero-order valence-corrected chi connectivity index (χ0v) is 23.9. The van der Waals surface area contributed by atoms with Crippen molar-refractivity contribution in [2.24, 2.45) is 0 Å². The lowest BCUT2D eigenvalue weighted by atomic mass is 10.1. The number of rotatable bonds is 10. The highest BCUT2D eigenvalue weighted by Crippen LogP contribution is 2.27. The van der Waals surface area contributed by atoms with Crippen LogP contribution in [-0.4, -0.2) is 34.0 Å². The van der Waals surface area contributed by atoms with Crippen molar-refractivity contribution in [1.29, 1.82) is 0 Å². The third-order valence-corrected chi connectivity index (χ3v) is 7.19. The molecule has 1 atom stereocenters. The highest BCUT2D eigenvalue weighted by Gasteiger charge is 2.18. The van der Waals surface area contributed by atoms with Crippen molar-refractivity contribution < 1.29 is 24.3 Å². The van der Waals surface area contributed by atoms with Gasteiger partial charge in [-0.2, -0.15) is 0 Å². The molecule has 0 bridgehead atoms. The van der Waals surface area contributed by atoms with Crippen molar-refractivity contribution in [2.45, 2.75) is 17.1 Å². The number of halogens is 1. The van der Waals surface area contributed by atoms with E-state index in [1.807, 2.05) is 6.07 Å². The SMILES string of the molecule is CC(Sc1cccc(NC(=O)/C(=C/c2cccc(Cl)c2)NC(=O)c2ccccc2)c1)C(=O)Nc1ccc(C(=O)O)cc1.